The molecule has 1 amide bonds. The summed E-state index contributed by atoms with van der Waals surface area (Å²) in [5.74, 6) is -2.14. The number of likely N-dealkylation sites (tertiary alicyclic amines) is 1. The highest BCUT2D eigenvalue weighted by Crippen LogP contribution is 2.37. The summed E-state index contributed by atoms with van der Waals surface area (Å²) in [6.07, 6.45) is 2.88. The minimum atomic E-state index is -3.47. The third-order valence-corrected chi connectivity index (χ3v) is 8.14. The van der Waals surface area contributed by atoms with Crippen molar-refractivity contribution in [3.8, 4) is 0 Å². The molecule has 0 unspecified atom stereocenters. The van der Waals surface area contributed by atoms with Gasteiger partial charge >= 0.3 is 11.9 Å². The number of sulfonamides is 1. The number of carboxylic acid groups (broad SMARTS) is 1. The van der Waals surface area contributed by atoms with E-state index in [1.54, 1.807) is 13.8 Å². The third kappa shape index (κ3) is 6.59. The monoisotopic (exact) mass is 509 g/mol. The molecule has 0 aliphatic carbocycles. The number of aliphatic carboxylic acids is 1. The van der Waals surface area contributed by atoms with Gasteiger partial charge in [0.25, 0.3) is 0 Å². The van der Waals surface area contributed by atoms with E-state index in [0.717, 1.165) is 11.8 Å². The Labute approximate surface area is 206 Å². The van der Waals surface area contributed by atoms with Crippen molar-refractivity contribution in [2.45, 2.75) is 63.7 Å². The van der Waals surface area contributed by atoms with Crippen molar-refractivity contribution in [2.24, 2.45) is 5.92 Å². The Hall–Kier alpha value is -2.50. The number of ether oxygens (including phenoxy) is 1. The minimum Gasteiger partial charge on any atom is -0.480 e. The summed E-state index contributed by atoms with van der Waals surface area (Å²) < 4.78 is 30.7. The van der Waals surface area contributed by atoms with E-state index in [9.17, 15) is 27.9 Å². The molecule has 2 aliphatic heterocycles. The number of amides is 1. The molecule has 0 saturated carbocycles. The predicted octanol–water partition coefficient (Wildman–Crippen LogP) is 0.865. The van der Waals surface area contributed by atoms with Gasteiger partial charge < -0.3 is 14.7 Å². The van der Waals surface area contributed by atoms with Gasteiger partial charge in [0.15, 0.2) is 0 Å². The number of carboxylic acids is 1. The van der Waals surface area contributed by atoms with E-state index in [-0.39, 0.29) is 25.5 Å². The lowest BCUT2D eigenvalue weighted by atomic mass is 9.92. The number of piperidine rings is 1. The second-order valence-electron chi connectivity index (χ2n) is 9.29. The Morgan fingerprint density at radius 2 is 1.91 bits per heavy atom. The second kappa shape index (κ2) is 11.5. The van der Waals surface area contributed by atoms with E-state index in [1.165, 1.54) is 9.21 Å². The number of carbonyl (C=O) groups excluding carboxylic acids is 2. The highest BCUT2D eigenvalue weighted by atomic mass is 32.2. The second-order valence-corrected chi connectivity index (χ2v) is 11.3. The normalized spacial score (nSPS) is 24.4. The van der Waals surface area contributed by atoms with Gasteiger partial charge in [-0.3, -0.25) is 14.9 Å². The Morgan fingerprint density at radius 3 is 2.51 bits per heavy atom. The number of rotatable bonds is 10. The quantitative estimate of drug-likeness (QED) is 0.444. The molecule has 1 aromatic rings. The van der Waals surface area contributed by atoms with Crippen LogP contribution in [-0.4, -0.2) is 90.7 Å². The zero-order valence-corrected chi connectivity index (χ0v) is 21.2. The molecule has 2 aliphatic rings. The maximum atomic E-state index is 13.5. The molecule has 3 rings (SSSR count). The number of fused-ring (bicyclic) bond motifs is 1. The van der Waals surface area contributed by atoms with Gasteiger partial charge in [-0.25, -0.2) is 17.5 Å². The van der Waals surface area contributed by atoms with Crippen LogP contribution in [0.3, 0.4) is 0 Å². The molecule has 5 atom stereocenters. The lowest BCUT2D eigenvalue weighted by Gasteiger charge is -2.39. The van der Waals surface area contributed by atoms with E-state index in [1.807, 2.05) is 30.3 Å². The average Bonchev–Trinajstić information content (AvgIpc) is 3.20. The van der Waals surface area contributed by atoms with Crippen LogP contribution >= 0.6 is 0 Å². The fourth-order valence-electron chi connectivity index (χ4n) is 5.08. The van der Waals surface area contributed by atoms with Gasteiger partial charge in [0.2, 0.25) is 15.9 Å². The Morgan fingerprint density at radius 1 is 1.23 bits per heavy atom. The number of carbonyl (C=O) groups is 3. The van der Waals surface area contributed by atoms with Gasteiger partial charge in [-0.05, 0) is 51.0 Å². The van der Waals surface area contributed by atoms with Crippen molar-refractivity contribution in [3.63, 3.8) is 0 Å². The fraction of sp³-hybridized carbons (Fsp3) is 0.625. The highest BCUT2D eigenvalue weighted by molar-refractivity contribution is 7.88. The van der Waals surface area contributed by atoms with Crippen LogP contribution in [0.1, 0.15) is 38.7 Å². The molecular weight excluding hydrogens is 474 g/mol. The molecule has 10 nitrogen and oxygen atoms in total. The molecule has 2 fully saturated rings. The van der Waals surface area contributed by atoms with Gasteiger partial charge in [-0.15, -0.1) is 0 Å². The molecule has 194 valence electrons. The van der Waals surface area contributed by atoms with Crippen LogP contribution in [0.15, 0.2) is 30.3 Å². The van der Waals surface area contributed by atoms with Crippen molar-refractivity contribution < 1.29 is 32.6 Å². The molecule has 0 bridgehead atoms. The zero-order valence-electron chi connectivity index (χ0n) is 20.4. The van der Waals surface area contributed by atoms with E-state index in [0.29, 0.717) is 25.8 Å². The van der Waals surface area contributed by atoms with Crippen LogP contribution < -0.4 is 5.32 Å². The first-order valence-corrected chi connectivity index (χ1v) is 13.8. The molecule has 0 radical (unpaired) electrons. The first kappa shape index (κ1) is 27.1. The van der Waals surface area contributed by atoms with Crippen molar-refractivity contribution in [1.29, 1.82) is 0 Å². The van der Waals surface area contributed by atoms with Gasteiger partial charge in [0, 0.05) is 19.1 Å². The number of hydrogen-bond acceptors (Lipinski definition) is 7. The zero-order chi connectivity index (χ0) is 25.8. The van der Waals surface area contributed by atoms with E-state index < -0.39 is 52.0 Å². The third-order valence-electron chi connectivity index (χ3n) is 6.87. The summed E-state index contributed by atoms with van der Waals surface area (Å²) in [5.41, 5.74) is 1.04. The first-order valence-electron chi connectivity index (χ1n) is 12.0. The highest BCUT2D eigenvalue weighted by Gasteiger charge is 2.50. The van der Waals surface area contributed by atoms with E-state index >= 15 is 0 Å². The van der Waals surface area contributed by atoms with E-state index in [4.69, 9.17) is 4.74 Å². The average molecular weight is 510 g/mol. The van der Waals surface area contributed by atoms with Crippen LogP contribution in [0.5, 0.6) is 0 Å². The fourth-order valence-corrected chi connectivity index (χ4v) is 5.94. The van der Waals surface area contributed by atoms with Crippen LogP contribution in [0, 0.1) is 5.92 Å². The maximum absolute atomic E-state index is 13.5. The predicted molar refractivity (Wildman–Crippen MR) is 129 cm³/mol. The van der Waals surface area contributed by atoms with E-state index in [2.05, 4.69) is 5.32 Å². The number of nitrogens with zero attached hydrogens (tertiary/aromatic N) is 2. The molecule has 1 aromatic carbocycles. The maximum Gasteiger partial charge on any atom is 0.326 e. The summed E-state index contributed by atoms with van der Waals surface area (Å²) in [6.45, 7) is 3.89. The summed E-state index contributed by atoms with van der Waals surface area (Å²) in [4.78, 5) is 39.5. The van der Waals surface area contributed by atoms with Crippen LogP contribution in [-0.2, 0) is 35.6 Å². The summed E-state index contributed by atoms with van der Waals surface area (Å²) in [5, 5.41) is 12.9. The van der Waals surface area contributed by atoms with Gasteiger partial charge in [0.1, 0.15) is 12.1 Å². The number of benzene rings is 1. The van der Waals surface area contributed by atoms with Gasteiger partial charge in [0.05, 0.1) is 18.9 Å². The molecule has 0 spiro atoms. The summed E-state index contributed by atoms with van der Waals surface area (Å²) >= 11 is 0. The lowest BCUT2D eigenvalue weighted by molar-refractivity contribution is -0.152. The van der Waals surface area contributed by atoms with Crippen molar-refractivity contribution in [3.05, 3.63) is 35.9 Å². The molecule has 11 heteroatoms. The molecule has 2 N–H and O–H groups in total. The topological polar surface area (TPSA) is 133 Å². The van der Waals surface area contributed by atoms with Crippen LogP contribution in [0.25, 0.3) is 0 Å². The standard InChI is InChI=1S/C24H35N3O7S/c1-4-34-24(31)19(11-10-17-8-6-5-7-9-17)25-16(2)22(28)27-20(23(29)30)14-18-12-13-26(15-21(18)27)35(3,32)33/h5-9,16,18-21,25H,4,10-15H2,1-3H3,(H,29,30)/t16-,18+,19+,20-,21-/m0/s1. The molecule has 2 heterocycles. The van der Waals surface area contributed by atoms with Crippen molar-refractivity contribution in [1.82, 2.24) is 14.5 Å². The summed E-state index contributed by atoms with van der Waals surface area (Å²) in [7, 11) is -3.47. The molecule has 35 heavy (non-hydrogen) atoms. The molecular formula is C24H35N3O7S. The Balaban J connectivity index is 1.76. The van der Waals surface area contributed by atoms with Crippen molar-refractivity contribution >= 4 is 27.9 Å². The van der Waals surface area contributed by atoms with Crippen LogP contribution in [0.4, 0.5) is 0 Å². The van der Waals surface area contributed by atoms with Gasteiger partial charge in [-0.2, -0.15) is 0 Å². The van der Waals surface area contributed by atoms with Crippen molar-refractivity contribution in [2.75, 3.05) is 26.0 Å². The number of esters is 1. The molecule has 2 saturated heterocycles. The Bertz CT molecular complexity index is 1020. The first-order chi connectivity index (χ1) is 16.5. The molecule has 0 aromatic heterocycles. The summed E-state index contributed by atoms with van der Waals surface area (Å²) in [6, 6.07) is 6.45. The smallest absolute Gasteiger partial charge is 0.326 e. The lowest BCUT2D eigenvalue weighted by Crippen LogP contribution is -2.58. The van der Waals surface area contributed by atoms with Crippen LogP contribution in [0.2, 0.25) is 0 Å². The SMILES string of the molecule is CCOC(=O)[C@@H](CCc1ccccc1)N[C@@H](C)C(=O)N1[C@H](C(=O)O)C[C@H]2CCN(S(C)(=O)=O)C[C@@H]21. The minimum absolute atomic E-state index is 0.0705. The number of nitrogens with one attached hydrogen (secondary N) is 1. The van der Waals surface area contributed by atoms with Gasteiger partial charge in [-0.1, -0.05) is 30.3 Å². The Kier molecular flexibility index (Phi) is 8.89. The number of hydrogen-bond donors (Lipinski definition) is 2. The largest absolute Gasteiger partial charge is 0.480 e. The number of aryl methyl sites for hydroxylation is 1.